The zero-order valence-corrected chi connectivity index (χ0v) is 19.4. The fourth-order valence-electron chi connectivity index (χ4n) is 2.55. The molecule has 3 aromatic rings. The van der Waals surface area contributed by atoms with Crippen LogP contribution in [0.15, 0.2) is 82.2 Å². The van der Waals surface area contributed by atoms with Crippen molar-refractivity contribution in [2.45, 2.75) is 4.90 Å². The molecule has 0 aliphatic rings. The largest absolute Gasteiger partial charge is 0.322 e. The number of benzene rings is 3. The molecule has 0 aliphatic carbocycles. The third kappa shape index (κ3) is 5.34. The first kappa shape index (κ1) is 21.7. The Morgan fingerprint density at radius 2 is 1.69 bits per heavy atom. The maximum atomic E-state index is 14.0. The van der Waals surface area contributed by atoms with Crippen LogP contribution in [-0.2, 0) is 14.8 Å². The molecule has 0 radical (unpaired) electrons. The van der Waals surface area contributed by atoms with Gasteiger partial charge in [0, 0.05) is 8.04 Å². The Kier molecular flexibility index (Phi) is 6.91. The highest BCUT2D eigenvalue weighted by molar-refractivity contribution is 14.1. The van der Waals surface area contributed by atoms with E-state index in [1.165, 1.54) is 24.3 Å². The third-order valence-electron chi connectivity index (χ3n) is 3.94. The van der Waals surface area contributed by atoms with Gasteiger partial charge in [-0.25, -0.2) is 12.8 Å². The van der Waals surface area contributed by atoms with Crippen molar-refractivity contribution < 1.29 is 17.6 Å². The summed E-state index contributed by atoms with van der Waals surface area (Å²) in [5, 5.41) is 2.43. The van der Waals surface area contributed by atoms with Gasteiger partial charge in [0.1, 0.15) is 12.4 Å². The first-order valence-electron chi connectivity index (χ1n) is 8.35. The van der Waals surface area contributed by atoms with Crippen molar-refractivity contribution >= 4 is 65.8 Å². The molecule has 0 aliphatic heterocycles. The van der Waals surface area contributed by atoms with Gasteiger partial charge in [-0.05, 0) is 77.2 Å². The van der Waals surface area contributed by atoms with Gasteiger partial charge in [-0.15, -0.1) is 0 Å². The molecule has 0 saturated carbocycles. The zero-order chi connectivity index (χ0) is 21.0. The molecule has 9 heteroatoms. The van der Waals surface area contributed by atoms with E-state index in [2.05, 4.69) is 43.8 Å². The predicted octanol–water partition coefficient (Wildman–Crippen LogP) is 5.03. The summed E-state index contributed by atoms with van der Waals surface area (Å²) in [4.78, 5) is 12.6. The minimum absolute atomic E-state index is 0.0298. The number of halogens is 3. The van der Waals surface area contributed by atoms with Gasteiger partial charge in [0.25, 0.3) is 10.0 Å². The molecule has 0 spiro atoms. The minimum Gasteiger partial charge on any atom is -0.322 e. The lowest BCUT2D eigenvalue weighted by Crippen LogP contribution is -2.38. The van der Waals surface area contributed by atoms with E-state index in [9.17, 15) is 17.6 Å². The SMILES string of the molecule is O=C(CN(c1ccc(I)cc1)S(=O)(=O)c1ccccc1)Nc1ccc(Br)cc1F. The lowest BCUT2D eigenvalue weighted by atomic mass is 10.3. The lowest BCUT2D eigenvalue weighted by Gasteiger charge is -2.24. The number of amides is 1. The summed E-state index contributed by atoms with van der Waals surface area (Å²) >= 11 is 5.26. The second kappa shape index (κ2) is 9.23. The van der Waals surface area contributed by atoms with Gasteiger partial charge < -0.3 is 5.32 Å². The van der Waals surface area contributed by atoms with Crippen LogP contribution in [0.1, 0.15) is 0 Å². The molecule has 150 valence electrons. The van der Waals surface area contributed by atoms with Crippen molar-refractivity contribution in [2.24, 2.45) is 0 Å². The highest BCUT2D eigenvalue weighted by Crippen LogP contribution is 2.25. The number of carbonyl (C=O) groups is 1. The maximum Gasteiger partial charge on any atom is 0.264 e. The number of sulfonamides is 1. The molecular weight excluding hydrogens is 574 g/mol. The molecule has 29 heavy (non-hydrogen) atoms. The number of hydrogen-bond donors (Lipinski definition) is 1. The maximum absolute atomic E-state index is 14.0. The van der Waals surface area contributed by atoms with Gasteiger partial charge in [-0.1, -0.05) is 34.1 Å². The van der Waals surface area contributed by atoms with Crippen LogP contribution >= 0.6 is 38.5 Å². The van der Waals surface area contributed by atoms with Crippen molar-refractivity contribution in [2.75, 3.05) is 16.2 Å². The van der Waals surface area contributed by atoms with Gasteiger partial charge in [0.15, 0.2) is 0 Å². The molecule has 5 nitrogen and oxygen atoms in total. The van der Waals surface area contributed by atoms with Crippen LogP contribution in [-0.4, -0.2) is 20.9 Å². The van der Waals surface area contributed by atoms with Crippen LogP contribution in [0.4, 0.5) is 15.8 Å². The summed E-state index contributed by atoms with van der Waals surface area (Å²) < 4.78 is 42.9. The zero-order valence-electron chi connectivity index (χ0n) is 14.8. The van der Waals surface area contributed by atoms with Gasteiger partial charge in [-0.3, -0.25) is 9.10 Å². The van der Waals surface area contributed by atoms with E-state index in [-0.39, 0.29) is 10.6 Å². The normalized spacial score (nSPS) is 11.1. The first-order chi connectivity index (χ1) is 13.8. The molecule has 1 N–H and O–H groups in total. The second-order valence-corrected chi connectivity index (χ2v) is 10.00. The molecule has 0 bridgehead atoms. The Hall–Kier alpha value is -1.98. The summed E-state index contributed by atoms with van der Waals surface area (Å²) in [5.41, 5.74) is 0.304. The molecule has 0 fully saturated rings. The molecule has 3 rings (SSSR count). The molecule has 0 atom stereocenters. The number of nitrogens with one attached hydrogen (secondary N) is 1. The molecule has 0 aromatic heterocycles. The van der Waals surface area contributed by atoms with Gasteiger partial charge in [-0.2, -0.15) is 0 Å². The Morgan fingerprint density at radius 1 is 1.03 bits per heavy atom. The summed E-state index contributed by atoms with van der Waals surface area (Å²) in [6.45, 7) is -0.507. The summed E-state index contributed by atoms with van der Waals surface area (Å²) in [5.74, 6) is -1.29. The van der Waals surface area contributed by atoms with Crippen LogP contribution in [0.2, 0.25) is 0 Å². The van der Waals surface area contributed by atoms with Crippen molar-refractivity contribution in [1.82, 2.24) is 0 Å². The first-order valence-corrected chi connectivity index (χ1v) is 11.7. The van der Waals surface area contributed by atoms with Crippen LogP contribution in [0.25, 0.3) is 0 Å². The van der Waals surface area contributed by atoms with Gasteiger partial charge in [0.05, 0.1) is 16.3 Å². The summed E-state index contributed by atoms with van der Waals surface area (Å²) in [6, 6.07) is 18.8. The van der Waals surface area contributed by atoms with Gasteiger partial charge in [0.2, 0.25) is 5.91 Å². The molecule has 1 amide bonds. The second-order valence-electron chi connectivity index (χ2n) is 5.97. The standard InChI is InChI=1S/C20H15BrFIN2O3S/c21-14-6-11-19(18(22)12-14)24-20(26)13-25(16-9-7-15(23)8-10-16)29(27,28)17-4-2-1-3-5-17/h1-12H,13H2,(H,24,26). The van der Waals surface area contributed by atoms with E-state index in [4.69, 9.17) is 0 Å². The van der Waals surface area contributed by atoms with E-state index >= 15 is 0 Å². The Morgan fingerprint density at radius 3 is 2.31 bits per heavy atom. The van der Waals surface area contributed by atoms with Crippen molar-refractivity contribution in [3.8, 4) is 0 Å². The van der Waals surface area contributed by atoms with E-state index in [0.717, 1.165) is 7.88 Å². The topological polar surface area (TPSA) is 66.5 Å². The van der Waals surface area contributed by atoms with E-state index in [1.807, 2.05) is 0 Å². The monoisotopic (exact) mass is 588 g/mol. The number of nitrogens with zero attached hydrogens (tertiary/aromatic N) is 1. The van der Waals surface area contributed by atoms with E-state index in [0.29, 0.717) is 10.2 Å². The Balaban J connectivity index is 1.93. The third-order valence-corrected chi connectivity index (χ3v) is 6.94. The average Bonchev–Trinajstić information content (AvgIpc) is 2.70. The quantitative estimate of drug-likeness (QED) is 0.411. The summed E-state index contributed by atoms with van der Waals surface area (Å²) in [7, 11) is -4.00. The summed E-state index contributed by atoms with van der Waals surface area (Å²) in [6.07, 6.45) is 0. The van der Waals surface area contributed by atoms with Crippen LogP contribution < -0.4 is 9.62 Å². The van der Waals surface area contributed by atoms with Crippen molar-refractivity contribution in [1.29, 1.82) is 0 Å². The van der Waals surface area contributed by atoms with Gasteiger partial charge >= 0.3 is 0 Å². The fourth-order valence-corrected chi connectivity index (χ4v) is 4.69. The van der Waals surface area contributed by atoms with Crippen LogP contribution in [0.5, 0.6) is 0 Å². The van der Waals surface area contributed by atoms with Crippen LogP contribution in [0, 0.1) is 9.39 Å². The lowest BCUT2D eigenvalue weighted by molar-refractivity contribution is -0.114. The number of carbonyl (C=O) groups excluding carboxylic acids is 1. The molecule has 0 heterocycles. The molecule has 3 aromatic carbocycles. The Bertz CT molecular complexity index is 1130. The highest BCUT2D eigenvalue weighted by atomic mass is 127. The number of anilines is 2. The fraction of sp³-hybridized carbons (Fsp3) is 0.0500. The predicted molar refractivity (Wildman–Crippen MR) is 123 cm³/mol. The number of rotatable bonds is 6. The number of hydrogen-bond acceptors (Lipinski definition) is 3. The van der Waals surface area contributed by atoms with Crippen molar-refractivity contribution in [3.63, 3.8) is 0 Å². The van der Waals surface area contributed by atoms with E-state index in [1.54, 1.807) is 48.5 Å². The average molecular weight is 589 g/mol. The molecular formula is C20H15BrFIN2O3S. The van der Waals surface area contributed by atoms with E-state index < -0.39 is 28.3 Å². The molecule has 0 unspecified atom stereocenters. The van der Waals surface area contributed by atoms with Crippen LogP contribution in [0.3, 0.4) is 0 Å². The minimum atomic E-state index is -4.00. The van der Waals surface area contributed by atoms with Crippen molar-refractivity contribution in [3.05, 3.63) is 86.7 Å². The smallest absolute Gasteiger partial charge is 0.264 e. The highest BCUT2D eigenvalue weighted by Gasteiger charge is 2.27. The molecule has 0 saturated heterocycles. The Labute approximate surface area is 190 Å².